The van der Waals surface area contributed by atoms with Crippen molar-refractivity contribution < 1.29 is 8.42 Å². The molecule has 1 aromatic carbocycles. The summed E-state index contributed by atoms with van der Waals surface area (Å²) < 4.78 is 27.9. The number of benzene rings is 1. The highest BCUT2D eigenvalue weighted by Crippen LogP contribution is 2.13. The first-order chi connectivity index (χ1) is 11.0. The molecule has 5 nitrogen and oxygen atoms in total. The van der Waals surface area contributed by atoms with Crippen molar-refractivity contribution in [1.82, 2.24) is 8.87 Å². The van der Waals surface area contributed by atoms with Crippen LogP contribution in [0.2, 0.25) is 0 Å². The van der Waals surface area contributed by atoms with Gasteiger partial charge in [-0.3, -0.25) is 4.79 Å². The van der Waals surface area contributed by atoms with Gasteiger partial charge in [-0.1, -0.05) is 44.2 Å². The molecule has 0 saturated heterocycles. The molecule has 2 rings (SSSR count). The lowest BCUT2D eigenvalue weighted by Gasteiger charge is -2.19. The minimum atomic E-state index is -3.55. The van der Waals surface area contributed by atoms with Crippen LogP contribution in [0.4, 0.5) is 0 Å². The van der Waals surface area contributed by atoms with Crippen molar-refractivity contribution in [3.8, 4) is 0 Å². The Labute approximate surface area is 137 Å². The maximum Gasteiger partial charge on any atom is 0.250 e. The van der Waals surface area contributed by atoms with Gasteiger partial charge in [0.05, 0.1) is 4.90 Å². The van der Waals surface area contributed by atoms with Gasteiger partial charge < -0.3 is 4.57 Å². The van der Waals surface area contributed by atoms with E-state index in [1.165, 1.54) is 27.2 Å². The molecular weight excluding hydrogens is 312 g/mol. The molecule has 0 saturated carbocycles. The van der Waals surface area contributed by atoms with Crippen molar-refractivity contribution in [1.29, 1.82) is 0 Å². The van der Waals surface area contributed by atoms with Gasteiger partial charge in [0.2, 0.25) is 10.0 Å². The smallest absolute Gasteiger partial charge is 0.250 e. The number of sulfonamides is 1. The second-order valence-electron chi connectivity index (χ2n) is 5.22. The van der Waals surface area contributed by atoms with Crippen LogP contribution in [-0.2, 0) is 23.0 Å². The van der Waals surface area contributed by atoms with Crippen LogP contribution in [0.25, 0.3) is 0 Å². The van der Waals surface area contributed by atoms with Gasteiger partial charge in [-0.25, -0.2) is 8.42 Å². The summed E-state index contributed by atoms with van der Waals surface area (Å²) in [6, 6.07) is 12.5. The van der Waals surface area contributed by atoms with Gasteiger partial charge in [0.1, 0.15) is 0 Å². The van der Waals surface area contributed by atoms with Crippen LogP contribution >= 0.6 is 0 Å². The molecule has 1 heterocycles. The van der Waals surface area contributed by atoms with E-state index in [1.807, 2.05) is 30.3 Å². The van der Waals surface area contributed by atoms with E-state index in [0.29, 0.717) is 26.1 Å². The van der Waals surface area contributed by atoms with Crippen LogP contribution in [0, 0.1) is 0 Å². The number of rotatable bonds is 7. The van der Waals surface area contributed by atoms with Gasteiger partial charge in [-0.2, -0.15) is 4.31 Å². The van der Waals surface area contributed by atoms with E-state index in [0.717, 1.165) is 5.56 Å². The number of hydrogen-bond acceptors (Lipinski definition) is 3. The molecule has 0 radical (unpaired) electrons. The summed E-state index contributed by atoms with van der Waals surface area (Å²) in [6.45, 7) is 4.85. The molecule has 0 aliphatic rings. The Kier molecular flexibility index (Phi) is 5.74. The highest BCUT2D eigenvalue weighted by Gasteiger charge is 2.22. The Hall–Kier alpha value is -1.92. The number of nitrogens with zero attached hydrogens (tertiary/aromatic N) is 2. The van der Waals surface area contributed by atoms with Crippen molar-refractivity contribution in [3.63, 3.8) is 0 Å². The molecule has 0 aliphatic carbocycles. The summed E-state index contributed by atoms with van der Waals surface area (Å²) >= 11 is 0. The third-order valence-electron chi connectivity index (χ3n) is 3.78. The first-order valence-corrected chi connectivity index (χ1v) is 9.17. The van der Waals surface area contributed by atoms with Crippen molar-refractivity contribution >= 4 is 10.0 Å². The number of hydrogen-bond donors (Lipinski definition) is 0. The first kappa shape index (κ1) is 17.4. The quantitative estimate of drug-likeness (QED) is 0.779. The number of pyridine rings is 1. The van der Waals surface area contributed by atoms with Crippen LogP contribution < -0.4 is 5.56 Å². The minimum absolute atomic E-state index is 0.161. The van der Waals surface area contributed by atoms with Gasteiger partial charge in [0.25, 0.3) is 5.56 Å². The molecule has 6 heteroatoms. The molecule has 0 atom stereocenters. The zero-order valence-electron chi connectivity index (χ0n) is 13.5. The summed E-state index contributed by atoms with van der Waals surface area (Å²) in [6.07, 6.45) is 2.12. The topological polar surface area (TPSA) is 59.4 Å². The van der Waals surface area contributed by atoms with Gasteiger partial charge in [-0.15, -0.1) is 0 Å². The van der Waals surface area contributed by atoms with Crippen LogP contribution in [0.1, 0.15) is 19.4 Å². The normalized spacial score (nSPS) is 11.8. The Morgan fingerprint density at radius 3 is 2.26 bits per heavy atom. The lowest BCUT2D eigenvalue weighted by atomic mass is 10.1. The summed E-state index contributed by atoms with van der Waals surface area (Å²) in [7, 11) is -3.55. The first-order valence-electron chi connectivity index (χ1n) is 7.73. The zero-order valence-corrected chi connectivity index (χ0v) is 14.3. The summed E-state index contributed by atoms with van der Waals surface area (Å²) in [5, 5.41) is 0. The molecule has 0 spiro atoms. The Morgan fingerprint density at radius 2 is 1.65 bits per heavy atom. The van der Waals surface area contributed by atoms with E-state index in [1.54, 1.807) is 13.8 Å². The molecule has 1 aromatic heterocycles. The van der Waals surface area contributed by atoms with Crippen LogP contribution in [0.15, 0.2) is 58.4 Å². The minimum Gasteiger partial charge on any atom is -0.314 e. The molecule has 0 unspecified atom stereocenters. The fourth-order valence-electron chi connectivity index (χ4n) is 2.44. The summed E-state index contributed by atoms with van der Waals surface area (Å²) in [5.74, 6) is 0. The van der Waals surface area contributed by atoms with Gasteiger partial charge >= 0.3 is 0 Å². The number of aromatic nitrogens is 1. The monoisotopic (exact) mass is 334 g/mol. The maximum atomic E-state index is 12.5. The predicted octanol–water partition coefficient (Wildman–Crippen LogP) is 2.12. The third kappa shape index (κ3) is 4.09. The molecule has 23 heavy (non-hydrogen) atoms. The molecule has 0 fully saturated rings. The van der Waals surface area contributed by atoms with E-state index >= 15 is 0 Å². The second kappa shape index (κ2) is 7.57. The van der Waals surface area contributed by atoms with Gasteiger partial charge in [-0.05, 0) is 18.1 Å². The van der Waals surface area contributed by atoms with Crippen LogP contribution in [0.3, 0.4) is 0 Å². The highest BCUT2D eigenvalue weighted by atomic mass is 32.2. The molecule has 124 valence electrons. The Balaban J connectivity index is 2.27. The molecule has 0 amide bonds. The van der Waals surface area contributed by atoms with Crippen LogP contribution in [-0.4, -0.2) is 30.4 Å². The fraction of sp³-hybridized carbons (Fsp3) is 0.353. The fourth-order valence-corrected chi connectivity index (χ4v) is 3.92. The molecule has 0 aliphatic heterocycles. The Morgan fingerprint density at radius 1 is 1.00 bits per heavy atom. The maximum absolute atomic E-state index is 12.5. The third-order valence-corrected chi connectivity index (χ3v) is 5.82. The van der Waals surface area contributed by atoms with Crippen molar-refractivity contribution in [2.45, 2.75) is 31.7 Å². The standard InChI is InChI=1S/C17H22N2O3S/c1-3-19(4-2)23(21,22)16-10-11-17(20)18(14-16)13-12-15-8-6-5-7-9-15/h5-11,14H,3-4,12-13H2,1-2H3. The lowest BCUT2D eigenvalue weighted by Crippen LogP contribution is -2.32. The average molecular weight is 334 g/mol. The van der Waals surface area contributed by atoms with E-state index in [-0.39, 0.29) is 10.5 Å². The van der Waals surface area contributed by atoms with E-state index in [9.17, 15) is 13.2 Å². The van der Waals surface area contributed by atoms with Crippen LogP contribution in [0.5, 0.6) is 0 Å². The molecule has 2 aromatic rings. The zero-order chi connectivity index (χ0) is 16.9. The Bertz CT molecular complexity index is 794. The van der Waals surface area contributed by atoms with Crippen molar-refractivity contribution in [2.75, 3.05) is 13.1 Å². The summed E-state index contributed by atoms with van der Waals surface area (Å²) in [4.78, 5) is 12.1. The van der Waals surface area contributed by atoms with E-state index < -0.39 is 10.0 Å². The largest absolute Gasteiger partial charge is 0.314 e. The SMILES string of the molecule is CCN(CC)S(=O)(=O)c1ccc(=O)n(CCc2ccccc2)c1. The summed E-state index contributed by atoms with van der Waals surface area (Å²) in [5.41, 5.74) is 0.913. The van der Waals surface area contributed by atoms with E-state index in [4.69, 9.17) is 0 Å². The van der Waals surface area contributed by atoms with Gasteiger partial charge in [0, 0.05) is 31.9 Å². The number of aryl methyl sites for hydroxylation is 2. The van der Waals surface area contributed by atoms with Crippen molar-refractivity contribution in [3.05, 3.63) is 64.6 Å². The van der Waals surface area contributed by atoms with E-state index in [2.05, 4.69) is 0 Å². The average Bonchev–Trinajstić information content (AvgIpc) is 2.55. The molecule has 0 N–H and O–H groups in total. The lowest BCUT2D eigenvalue weighted by molar-refractivity contribution is 0.444. The predicted molar refractivity (Wildman–Crippen MR) is 91.0 cm³/mol. The van der Waals surface area contributed by atoms with Gasteiger partial charge in [0.15, 0.2) is 0 Å². The van der Waals surface area contributed by atoms with Crippen molar-refractivity contribution in [2.24, 2.45) is 0 Å². The molecular formula is C17H22N2O3S. The molecule has 0 bridgehead atoms. The highest BCUT2D eigenvalue weighted by molar-refractivity contribution is 7.89. The second-order valence-corrected chi connectivity index (χ2v) is 7.16.